The van der Waals surface area contributed by atoms with E-state index in [2.05, 4.69) is 4.98 Å². The molecule has 2 heterocycles. The van der Waals surface area contributed by atoms with Crippen molar-refractivity contribution in [3.8, 4) is 11.4 Å². The highest BCUT2D eigenvalue weighted by Gasteiger charge is 2.30. The third-order valence-electron chi connectivity index (χ3n) is 4.27. The van der Waals surface area contributed by atoms with E-state index in [1.165, 1.54) is 30.8 Å². The van der Waals surface area contributed by atoms with Crippen LogP contribution >= 0.6 is 0 Å². The molecule has 1 aromatic carbocycles. The molecular formula is C17H17F3N4O2. The molecule has 0 aliphatic rings. The van der Waals surface area contributed by atoms with Gasteiger partial charge < -0.3 is 4.57 Å². The van der Waals surface area contributed by atoms with Crippen LogP contribution in [0.4, 0.5) is 13.2 Å². The summed E-state index contributed by atoms with van der Waals surface area (Å²) in [4.78, 5) is 29.1. The van der Waals surface area contributed by atoms with E-state index in [4.69, 9.17) is 0 Å². The van der Waals surface area contributed by atoms with Crippen molar-refractivity contribution in [3.63, 3.8) is 0 Å². The van der Waals surface area contributed by atoms with Crippen LogP contribution in [-0.2, 0) is 26.8 Å². The van der Waals surface area contributed by atoms with Crippen molar-refractivity contribution in [1.29, 1.82) is 0 Å². The van der Waals surface area contributed by atoms with Crippen molar-refractivity contribution in [2.75, 3.05) is 0 Å². The Morgan fingerprint density at radius 1 is 1.04 bits per heavy atom. The Kier molecular flexibility index (Phi) is 4.25. The maximum atomic E-state index is 12.8. The number of hydrogen-bond donors (Lipinski definition) is 0. The lowest BCUT2D eigenvalue weighted by Crippen LogP contribution is -2.37. The van der Waals surface area contributed by atoms with Crippen molar-refractivity contribution in [3.05, 3.63) is 50.7 Å². The highest BCUT2D eigenvalue weighted by Crippen LogP contribution is 2.31. The van der Waals surface area contributed by atoms with E-state index in [1.807, 2.05) is 6.92 Å². The van der Waals surface area contributed by atoms with Crippen molar-refractivity contribution in [2.24, 2.45) is 14.1 Å². The predicted molar refractivity (Wildman–Crippen MR) is 90.9 cm³/mol. The van der Waals surface area contributed by atoms with Crippen LogP contribution in [0.5, 0.6) is 0 Å². The molecule has 0 radical (unpaired) electrons. The lowest BCUT2D eigenvalue weighted by molar-refractivity contribution is -0.137. The molecule has 0 aliphatic heterocycles. The van der Waals surface area contributed by atoms with Gasteiger partial charge in [0.25, 0.3) is 5.56 Å². The smallest absolute Gasteiger partial charge is 0.318 e. The van der Waals surface area contributed by atoms with Gasteiger partial charge >= 0.3 is 11.9 Å². The first-order chi connectivity index (χ1) is 12.2. The minimum atomic E-state index is -4.43. The van der Waals surface area contributed by atoms with Gasteiger partial charge in [0.1, 0.15) is 5.82 Å². The number of halogens is 3. The fourth-order valence-electron chi connectivity index (χ4n) is 2.92. The Morgan fingerprint density at radius 3 is 2.19 bits per heavy atom. The van der Waals surface area contributed by atoms with E-state index >= 15 is 0 Å². The van der Waals surface area contributed by atoms with Crippen molar-refractivity contribution in [2.45, 2.75) is 26.1 Å². The normalized spacial score (nSPS) is 12.1. The molecule has 0 unspecified atom stereocenters. The minimum Gasteiger partial charge on any atom is -0.318 e. The Balaban J connectivity index is 2.31. The van der Waals surface area contributed by atoms with Crippen LogP contribution in [0.15, 0.2) is 33.9 Å². The maximum Gasteiger partial charge on any atom is 0.416 e. The number of nitrogens with zero attached hydrogens (tertiary/aromatic N) is 4. The lowest BCUT2D eigenvalue weighted by atomic mass is 10.1. The molecule has 0 bridgehead atoms. The summed E-state index contributed by atoms with van der Waals surface area (Å²) in [5, 5.41) is 0. The topological polar surface area (TPSA) is 61.8 Å². The van der Waals surface area contributed by atoms with E-state index in [9.17, 15) is 22.8 Å². The molecule has 3 rings (SSSR count). The average Bonchev–Trinajstić information content (AvgIpc) is 2.97. The molecule has 26 heavy (non-hydrogen) atoms. The van der Waals surface area contributed by atoms with Gasteiger partial charge in [-0.05, 0) is 18.6 Å². The molecule has 0 spiro atoms. The SMILES string of the molecule is CCCn1c(-c2ccc(C(F)(F)F)cc2)nc2c1c(=O)n(C)c(=O)n2C. The van der Waals surface area contributed by atoms with Crippen LogP contribution in [0.25, 0.3) is 22.6 Å². The van der Waals surface area contributed by atoms with Crippen LogP contribution in [0.2, 0.25) is 0 Å². The maximum absolute atomic E-state index is 12.8. The molecule has 0 fully saturated rings. The van der Waals surface area contributed by atoms with E-state index in [-0.39, 0.29) is 11.2 Å². The Morgan fingerprint density at radius 2 is 1.65 bits per heavy atom. The van der Waals surface area contributed by atoms with Crippen LogP contribution in [0.3, 0.4) is 0 Å². The summed E-state index contributed by atoms with van der Waals surface area (Å²) in [6.07, 6.45) is -3.74. The predicted octanol–water partition coefficient (Wildman–Crippen LogP) is 2.53. The van der Waals surface area contributed by atoms with Gasteiger partial charge in [0.05, 0.1) is 5.56 Å². The lowest BCUT2D eigenvalue weighted by Gasteiger charge is -2.10. The highest BCUT2D eigenvalue weighted by molar-refractivity contribution is 5.77. The molecule has 0 atom stereocenters. The molecule has 0 aliphatic carbocycles. The number of rotatable bonds is 3. The summed E-state index contributed by atoms with van der Waals surface area (Å²) < 4.78 is 42.2. The van der Waals surface area contributed by atoms with Gasteiger partial charge in [-0.3, -0.25) is 13.9 Å². The number of aromatic nitrogens is 4. The monoisotopic (exact) mass is 366 g/mol. The summed E-state index contributed by atoms with van der Waals surface area (Å²) in [6.45, 7) is 2.36. The number of aryl methyl sites for hydroxylation is 2. The zero-order chi connectivity index (χ0) is 19.2. The molecule has 0 saturated carbocycles. The third-order valence-corrected chi connectivity index (χ3v) is 4.27. The van der Waals surface area contributed by atoms with Crippen LogP contribution in [0.1, 0.15) is 18.9 Å². The summed E-state index contributed by atoms with van der Waals surface area (Å²) >= 11 is 0. The van der Waals surface area contributed by atoms with Crippen LogP contribution in [0, 0.1) is 0 Å². The Hall–Kier alpha value is -2.84. The minimum absolute atomic E-state index is 0.210. The van der Waals surface area contributed by atoms with Crippen LogP contribution < -0.4 is 11.2 Å². The molecule has 6 nitrogen and oxygen atoms in total. The molecule has 2 aromatic heterocycles. The van der Waals surface area contributed by atoms with Crippen molar-refractivity contribution >= 4 is 11.2 Å². The zero-order valence-corrected chi connectivity index (χ0v) is 14.5. The zero-order valence-electron chi connectivity index (χ0n) is 14.5. The van der Waals surface area contributed by atoms with Crippen molar-refractivity contribution < 1.29 is 13.2 Å². The largest absolute Gasteiger partial charge is 0.416 e. The summed E-state index contributed by atoms with van der Waals surface area (Å²) in [7, 11) is 2.88. The van der Waals surface area contributed by atoms with Gasteiger partial charge in [0.15, 0.2) is 11.2 Å². The summed E-state index contributed by atoms with van der Waals surface area (Å²) in [5.41, 5.74) is -0.850. The number of alkyl halides is 3. The molecule has 138 valence electrons. The summed E-state index contributed by atoms with van der Waals surface area (Å²) in [5.74, 6) is 0.355. The van der Waals surface area contributed by atoms with Gasteiger partial charge in [-0.2, -0.15) is 13.2 Å². The second-order valence-electron chi connectivity index (χ2n) is 6.04. The first-order valence-electron chi connectivity index (χ1n) is 8.00. The quantitative estimate of drug-likeness (QED) is 0.716. The number of benzene rings is 1. The summed E-state index contributed by atoms with van der Waals surface area (Å²) in [6, 6.07) is 4.59. The van der Waals surface area contributed by atoms with E-state index < -0.39 is 23.0 Å². The number of imidazole rings is 1. The number of fused-ring (bicyclic) bond motifs is 1. The second kappa shape index (κ2) is 6.15. The van der Waals surface area contributed by atoms with Gasteiger partial charge in [0.2, 0.25) is 0 Å². The van der Waals surface area contributed by atoms with Gasteiger partial charge in [-0.25, -0.2) is 9.78 Å². The fourth-order valence-corrected chi connectivity index (χ4v) is 2.92. The molecule has 3 aromatic rings. The second-order valence-corrected chi connectivity index (χ2v) is 6.04. The fraction of sp³-hybridized carbons (Fsp3) is 0.353. The molecule has 0 N–H and O–H groups in total. The van der Waals surface area contributed by atoms with Crippen LogP contribution in [-0.4, -0.2) is 18.7 Å². The first-order valence-corrected chi connectivity index (χ1v) is 8.00. The highest BCUT2D eigenvalue weighted by atomic mass is 19.4. The van der Waals surface area contributed by atoms with Crippen molar-refractivity contribution in [1.82, 2.24) is 18.7 Å². The molecule has 9 heteroatoms. The average molecular weight is 366 g/mol. The van der Waals surface area contributed by atoms with Gasteiger partial charge in [0, 0.05) is 26.2 Å². The molecule has 0 saturated heterocycles. The van der Waals surface area contributed by atoms with E-state index in [1.54, 1.807) is 4.57 Å². The molecular weight excluding hydrogens is 349 g/mol. The van der Waals surface area contributed by atoms with Gasteiger partial charge in [-0.15, -0.1) is 0 Å². The standard InChI is InChI=1S/C17H17F3N4O2/c1-4-9-24-12-14(22(2)16(26)23(3)15(12)25)21-13(24)10-5-7-11(8-6-10)17(18,19)20/h5-8H,4,9H2,1-3H3. The van der Waals surface area contributed by atoms with Gasteiger partial charge in [-0.1, -0.05) is 19.1 Å². The van der Waals surface area contributed by atoms with E-state index in [0.717, 1.165) is 16.7 Å². The Bertz CT molecular complexity index is 1090. The molecule has 0 amide bonds. The third kappa shape index (κ3) is 2.73. The number of hydrogen-bond acceptors (Lipinski definition) is 3. The van der Waals surface area contributed by atoms with E-state index in [0.29, 0.717) is 24.4 Å². The first kappa shape index (κ1) is 18.0. The Labute approximate surface area is 146 Å².